The Kier molecular flexibility index (Phi) is 5.71. The number of esters is 1. The number of carbonyl (C=O) groups is 2. The number of aromatic nitrogens is 1. The van der Waals surface area contributed by atoms with Crippen LogP contribution in [0.1, 0.15) is 16.1 Å². The van der Waals surface area contributed by atoms with E-state index in [1.54, 1.807) is 18.2 Å². The summed E-state index contributed by atoms with van der Waals surface area (Å²) in [7, 11) is 1.29. The molecule has 138 valence electrons. The molecule has 0 saturated carbocycles. The van der Waals surface area contributed by atoms with Gasteiger partial charge in [-0.1, -0.05) is 27.6 Å². The highest BCUT2D eigenvalue weighted by Crippen LogP contribution is 2.27. The van der Waals surface area contributed by atoms with Crippen LogP contribution in [0.3, 0.4) is 0 Å². The molecule has 6 nitrogen and oxygen atoms in total. The zero-order chi connectivity index (χ0) is 19.4. The predicted octanol–water partition coefficient (Wildman–Crippen LogP) is 4.11. The Labute approximate surface area is 164 Å². The quantitative estimate of drug-likeness (QED) is 0.618. The number of anilines is 1. The molecule has 0 unspecified atom stereocenters. The fourth-order valence-electron chi connectivity index (χ4n) is 2.51. The Morgan fingerprint density at radius 3 is 2.56 bits per heavy atom. The van der Waals surface area contributed by atoms with Crippen LogP contribution >= 0.6 is 15.9 Å². The standard InChI is InChI=1S/C20H17BrN2O4/c1-12-3-8-16-15(9-12)18(10-17(23-16)20(25)26-2)27-11-19(24)22-14-6-4-13(21)5-7-14/h3-10H,11H2,1-2H3,(H,22,24). The molecule has 1 amide bonds. The number of aryl methyl sites for hydroxylation is 1. The number of fused-ring (bicyclic) bond motifs is 1. The van der Waals surface area contributed by atoms with E-state index in [1.807, 2.05) is 31.2 Å². The Morgan fingerprint density at radius 2 is 1.85 bits per heavy atom. The lowest BCUT2D eigenvalue weighted by Crippen LogP contribution is -2.20. The number of amides is 1. The Morgan fingerprint density at radius 1 is 1.11 bits per heavy atom. The maximum atomic E-state index is 12.2. The summed E-state index contributed by atoms with van der Waals surface area (Å²) in [5.41, 5.74) is 2.39. The van der Waals surface area contributed by atoms with Gasteiger partial charge in [0, 0.05) is 21.6 Å². The van der Waals surface area contributed by atoms with Crippen LogP contribution in [0.15, 0.2) is 53.0 Å². The Hall–Kier alpha value is -2.93. The van der Waals surface area contributed by atoms with E-state index in [0.717, 1.165) is 15.4 Å². The SMILES string of the molecule is COC(=O)c1cc(OCC(=O)Nc2ccc(Br)cc2)c2cc(C)ccc2n1. The molecular formula is C20H17BrN2O4. The maximum absolute atomic E-state index is 12.2. The predicted molar refractivity (Wildman–Crippen MR) is 106 cm³/mol. The van der Waals surface area contributed by atoms with E-state index in [1.165, 1.54) is 13.2 Å². The van der Waals surface area contributed by atoms with Crippen molar-refractivity contribution in [3.8, 4) is 5.75 Å². The number of nitrogens with zero attached hydrogens (tertiary/aromatic N) is 1. The molecule has 1 N–H and O–H groups in total. The Bertz CT molecular complexity index is 1000. The van der Waals surface area contributed by atoms with E-state index in [9.17, 15) is 9.59 Å². The third-order valence-corrected chi connectivity index (χ3v) is 4.34. The van der Waals surface area contributed by atoms with Crippen LogP contribution in [-0.4, -0.2) is 30.6 Å². The number of hydrogen-bond acceptors (Lipinski definition) is 5. The lowest BCUT2D eigenvalue weighted by Gasteiger charge is -2.12. The smallest absolute Gasteiger partial charge is 0.356 e. The Balaban J connectivity index is 1.82. The van der Waals surface area contributed by atoms with Crippen molar-refractivity contribution < 1.29 is 19.1 Å². The molecule has 2 aromatic carbocycles. The molecule has 27 heavy (non-hydrogen) atoms. The molecule has 3 aromatic rings. The van der Waals surface area contributed by atoms with Crippen LogP contribution in [-0.2, 0) is 9.53 Å². The van der Waals surface area contributed by atoms with Crippen LogP contribution in [0.4, 0.5) is 5.69 Å². The average Bonchev–Trinajstić information content (AvgIpc) is 2.67. The topological polar surface area (TPSA) is 77.5 Å². The molecule has 3 rings (SSSR count). The van der Waals surface area contributed by atoms with Crippen molar-refractivity contribution in [1.29, 1.82) is 0 Å². The summed E-state index contributed by atoms with van der Waals surface area (Å²) in [6, 6.07) is 14.3. The third-order valence-electron chi connectivity index (χ3n) is 3.81. The number of carbonyl (C=O) groups excluding carboxylic acids is 2. The van der Waals surface area contributed by atoms with Gasteiger partial charge in [0.25, 0.3) is 5.91 Å². The zero-order valence-corrected chi connectivity index (χ0v) is 16.4. The highest BCUT2D eigenvalue weighted by Gasteiger charge is 2.14. The summed E-state index contributed by atoms with van der Waals surface area (Å²) in [6.07, 6.45) is 0. The van der Waals surface area contributed by atoms with Gasteiger partial charge in [0.15, 0.2) is 12.3 Å². The van der Waals surface area contributed by atoms with E-state index in [-0.39, 0.29) is 18.2 Å². The lowest BCUT2D eigenvalue weighted by atomic mass is 10.1. The minimum Gasteiger partial charge on any atom is -0.483 e. The van der Waals surface area contributed by atoms with Crippen molar-refractivity contribution in [3.05, 3.63) is 64.3 Å². The molecule has 0 fully saturated rings. The zero-order valence-electron chi connectivity index (χ0n) is 14.8. The number of rotatable bonds is 5. The highest BCUT2D eigenvalue weighted by molar-refractivity contribution is 9.10. The number of benzene rings is 2. The maximum Gasteiger partial charge on any atom is 0.356 e. The molecule has 1 heterocycles. The molecule has 0 atom stereocenters. The first-order chi connectivity index (χ1) is 13.0. The van der Waals surface area contributed by atoms with Crippen LogP contribution in [0.25, 0.3) is 10.9 Å². The second-order valence-electron chi connectivity index (χ2n) is 5.86. The van der Waals surface area contributed by atoms with Gasteiger partial charge in [0.05, 0.1) is 12.6 Å². The molecule has 1 aromatic heterocycles. The monoisotopic (exact) mass is 428 g/mol. The normalized spacial score (nSPS) is 10.5. The van der Waals surface area contributed by atoms with Crippen molar-refractivity contribution >= 4 is 44.4 Å². The first-order valence-electron chi connectivity index (χ1n) is 8.14. The van der Waals surface area contributed by atoms with Crippen molar-refractivity contribution in [1.82, 2.24) is 4.98 Å². The van der Waals surface area contributed by atoms with Crippen molar-refractivity contribution in [2.75, 3.05) is 19.0 Å². The lowest BCUT2D eigenvalue weighted by molar-refractivity contribution is -0.118. The summed E-state index contributed by atoms with van der Waals surface area (Å²) in [4.78, 5) is 28.3. The van der Waals surface area contributed by atoms with E-state index in [0.29, 0.717) is 17.0 Å². The molecule has 0 radical (unpaired) electrons. The second kappa shape index (κ2) is 8.18. The van der Waals surface area contributed by atoms with Crippen LogP contribution in [0.2, 0.25) is 0 Å². The number of nitrogens with one attached hydrogen (secondary N) is 1. The second-order valence-corrected chi connectivity index (χ2v) is 6.78. The van der Waals surface area contributed by atoms with Gasteiger partial charge in [-0.15, -0.1) is 0 Å². The van der Waals surface area contributed by atoms with E-state index in [4.69, 9.17) is 9.47 Å². The van der Waals surface area contributed by atoms with Gasteiger partial charge in [-0.05, 0) is 43.3 Å². The first kappa shape index (κ1) is 18.8. The number of hydrogen-bond donors (Lipinski definition) is 1. The van der Waals surface area contributed by atoms with Gasteiger partial charge in [-0.25, -0.2) is 9.78 Å². The number of methoxy groups -OCH3 is 1. The van der Waals surface area contributed by atoms with Crippen molar-refractivity contribution in [2.24, 2.45) is 0 Å². The van der Waals surface area contributed by atoms with E-state index < -0.39 is 5.97 Å². The summed E-state index contributed by atoms with van der Waals surface area (Å²) in [5.74, 6) is -0.480. The summed E-state index contributed by atoms with van der Waals surface area (Å²) >= 11 is 3.34. The average molecular weight is 429 g/mol. The van der Waals surface area contributed by atoms with Gasteiger partial charge in [0.2, 0.25) is 0 Å². The molecule has 0 saturated heterocycles. The van der Waals surface area contributed by atoms with Crippen molar-refractivity contribution in [2.45, 2.75) is 6.92 Å². The van der Waals surface area contributed by atoms with Gasteiger partial charge in [-0.3, -0.25) is 4.79 Å². The molecule has 0 aliphatic carbocycles. The minimum absolute atomic E-state index is 0.122. The fourth-order valence-corrected chi connectivity index (χ4v) is 2.78. The summed E-state index contributed by atoms with van der Waals surface area (Å²) < 4.78 is 11.4. The van der Waals surface area contributed by atoms with Crippen molar-refractivity contribution in [3.63, 3.8) is 0 Å². The fraction of sp³-hybridized carbons (Fsp3) is 0.150. The first-order valence-corrected chi connectivity index (χ1v) is 8.93. The molecule has 0 bridgehead atoms. The highest BCUT2D eigenvalue weighted by atomic mass is 79.9. The minimum atomic E-state index is -0.568. The van der Waals surface area contributed by atoms with Crippen LogP contribution in [0, 0.1) is 6.92 Å². The third kappa shape index (κ3) is 4.62. The van der Waals surface area contributed by atoms with E-state index >= 15 is 0 Å². The molecular weight excluding hydrogens is 412 g/mol. The summed E-state index contributed by atoms with van der Waals surface area (Å²) in [6.45, 7) is 1.74. The molecule has 0 aliphatic rings. The largest absolute Gasteiger partial charge is 0.483 e. The molecule has 0 aliphatic heterocycles. The number of ether oxygens (including phenoxy) is 2. The van der Waals surface area contributed by atoms with Gasteiger partial charge < -0.3 is 14.8 Å². The van der Waals surface area contributed by atoms with Gasteiger partial charge >= 0.3 is 5.97 Å². The van der Waals surface area contributed by atoms with Gasteiger partial charge in [0.1, 0.15) is 5.75 Å². The van der Waals surface area contributed by atoms with Crippen LogP contribution < -0.4 is 10.1 Å². The van der Waals surface area contributed by atoms with Crippen LogP contribution in [0.5, 0.6) is 5.75 Å². The molecule has 7 heteroatoms. The number of halogens is 1. The number of pyridine rings is 1. The summed E-state index contributed by atoms with van der Waals surface area (Å²) in [5, 5.41) is 3.48. The van der Waals surface area contributed by atoms with Gasteiger partial charge in [-0.2, -0.15) is 0 Å². The molecule has 0 spiro atoms. The van der Waals surface area contributed by atoms with E-state index in [2.05, 4.69) is 26.2 Å².